The number of ether oxygens (including phenoxy) is 1. The summed E-state index contributed by atoms with van der Waals surface area (Å²) in [5.74, 6) is -0.362. The van der Waals surface area contributed by atoms with Crippen LogP contribution in [0.2, 0.25) is 0 Å². The van der Waals surface area contributed by atoms with Crippen LogP contribution in [0.1, 0.15) is 11.1 Å². The Morgan fingerprint density at radius 2 is 1.86 bits per heavy atom. The maximum Gasteiger partial charge on any atom is 0.417 e. The van der Waals surface area contributed by atoms with E-state index in [1.807, 2.05) is 0 Å². The van der Waals surface area contributed by atoms with Gasteiger partial charge < -0.3 is 14.6 Å². The van der Waals surface area contributed by atoms with Gasteiger partial charge in [-0.05, 0) is 35.9 Å². The summed E-state index contributed by atoms with van der Waals surface area (Å²) in [5, 5.41) is 2.45. The van der Waals surface area contributed by atoms with Crippen LogP contribution in [-0.2, 0) is 24.1 Å². The first-order chi connectivity index (χ1) is 13.8. The van der Waals surface area contributed by atoms with Crippen LogP contribution in [0.25, 0.3) is 0 Å². The van der Waals surface area contributed by atoms with Gasteiger partial charge in [0.05, 0.1) is 5.56 Å². The minimum atomic E-state index is -4.62. The molecule has 0 radical (unpaired) electrons. The Morgan fingerprint density at radius 3 is 2.59 bits per heavy atom. The maximum absolute atomic E-state index is 12.8. The molecule has 7 nitrogen and oxygen atoms in total. The average Bonchev–Trinajstić information content (AvgIpc) is 2.69. The Morgan fingerprint density at radius 1 is 1.10 bits per heavy atom. The lowest BCUT2D eigenvalue weighted by molar-refractivity contribution is -0.138. The number of hydrogen-bond donors (Lipinski definition) is 1. The van der Waals surface area contributed by atoms with Crippen LogP contribution >= 0.6 is 0 Å². The zero-order chi connectivity index (χ0) is 20.9. The largest absolute Gasteiger partial charge is 0.485 e. The fraction of sp³-hybridized carbons (Fsp3) is 0.158. The van der Waals surface area contributed by atoms with Gasteiger partial charge in [-0.15, -0.1) is 0 Å². The van der Waals surface area contributed by atoms with E-state index in [0.29, 0.717) is 16.8 Å². The van der Waals surface area contributed by atoms with Gasteiger partial charge in [0.15, 0.2) is 11.6 Å². The van der Waals surface area contributed by atoms with Crippen molar-refractivity contribution in [2.24, 2.45) is 0 Å². The minimum absolute atomic E-state index is 0.0894. The van der Waals surface area contributed by atoms with Crippen LogP contribution in [0.3, 0.4) is 0 Å². The molecule has 0 bridgehead atoms. The quantitative estimate of drug-likeness (QED) is 0.683. The van der Waals surface area contributed by atoms with Crippen molar-refractivity contribution in [2.75, 3.05) is 5.32 Å². The molecule has 0 spiro atoms. The highest BCUT2D eigenvalue weighted by molar-refractivity contribution is 5.90. The molecule has 0 unspecified atom stereocenters. The SMILES string of the molecule is O=C(Cn1cc(C(F)(F)F)ccc1=O)Nc1ncccc1OCc1ccncc1. The third-order valence-electron chi connectivity index (χ3n) is 3.80. The van der Waals surface area contributed by atoms with Gasteiger partial charge in [0.1, 0.15) is 13.2 Å². The summed E-state index contributed by atoms with van der Waals surface area (Å²) in [6.45, 7) is -0.409. The zero-order valence-corrected chi connectivity index (χ0v) is 14.9. The first-order valence-electron chi connectivity index (χ1n) is 8.37. The van der Waals surface area contributed by atoms with Gasteiger partial charge in [0, 0.05) is 30.9 Å². The Hall–Kier alpha value is -3.69. The summed E-state index contributed by atoms with van der Waals surface area (Å²) >= 11 is 0. The number of hydrogen-bond acceptors (Lipinski definition) is 5. The number of amides is 1. The van der Waals surface area contributed by atoms with Gasteiger partial charge in [-0.1, -0.05) is 0 Å². The molecule has 1 N–H and O–H groups in total. The lowest BCUT2D eigenvalue weighted by Gasteiger charge is -2.13. The predicted molar refractivity (Wildman–Crippen MR) is 97.1 cm³/mol. The molecule has 0 aliphatic carbocycles. The Bertz CT molecular complexity index is 1050. The first kappa shape index (κ1) is 20.1. The number of nitrogens with one attached hydrogen (secondary N) is 1. The number of nitrogens with zero attached hydrogens (tertiary/aromatic N) is 3. The molecule has 1 amide bonds. The molecular weight excluding hydrogens is 389 g/mol. The van der Waals surface area contributed by atoms with E-state index in [4.69, 9.17) is 4.74 Å². The number of rotatable bonds is 6. The Balaban J connectivity index is 1.71. The summed E-state index contributed by atoms with van der Waals surface area (Å²) in [7, 11) is 0. The van der Waals surface area contributed by atoms with Gasteiger partial charge in [0.2, 0.25) is 5.91 Å². The minimum Gasteiger partial charge on any atom is -0.485 e. The van der Waals surface area contributed by atoms with Crippen molar-refractivity contribution >= 4 is 11.7 Å². The predicted octanol–water partition coefficient (Wildman–Crippen LogP) is 2.87. The molecule has 0 fully saturated rings. The van der Waals surface area contributed by atoms with Crippen molar-refractivity contribution in [1.29, 1.82) is 0 Å². The van der Waals surface area contributed by atoms with E-state index < -0.39 is 29.8 Å². The molecule has 0 saturated carbocycles. The Kier molecular flexibility index (Phi) is 5.91. The topological polar surface area (TPSA) is 86.1 Å². The summed E-state index contributed by atoms with van der Waals surface area (Å²) in [6, 6.07) is 8.14. The normalized spacial score (nSPS) is 11.1. The van der Waals surface area contributed by atoms with Crippen molar-refractivity contribution < 1.29 is 22.7 Å². The lowest BCUT2D eigenvalue weighted by atomic mass is 10.2. The lowest BCUT2D eigenvalue weighted by Crippen LogP contribution is -2.28. The van der Waals surface area contributed by atoms with E-state index in [2.05, 4.69) is 15.3 Å². The number of carbonyl (C=O) groups is 1. The number of carbonyl (C=O) groups excluding carboxylic acids is 1. The highest BCUT2D eigenvalue weighted by atomic mass is 19.4. The van der Waals surface area contributed by atoms with Crippen molar-refractivity contribution in [1.82, 2.24) is 14.5 Å². The van der Waals surface area contributed by atoms with Crippen LogP contribution in [0.4, 0.5) is 19.0 Å². The molecule has 29 heavy (non-hydrogen) atoms. The number of pyridine rings is 3. The molecule has 0 atom stereocenters. The number of alkyl halides is 3. The van der Waals surface area contributed by atoms with E-state index in [-0.39, 0.29) is 18.2 Å². The average molecular weight is 404 g/mol. The third-order valence-corrected chi connectivity index (χ3v) is 3.80. The molecular formula is C19H15F3N4O3. The highest BCUT2D eigenvalue weighted by Crippen LogP contribution is 2.28. The van der Waals surface area contributed by atoms with Gasteiger partial charge >= 0.3 is 6.18 Å². The molecule has 3 aromatic heterocycles. The number of aromatic nitrogens is 3. The van der Waals surface area contributed by atoms with Crippen molar-refractivity contribution in [2.45, 2.75) is 19.3 Å². The Labute approximate surface area is 162 Å². The molecule has 3 heterocycles. The number of halogens is 3. The molecule has 0 aliphatic heterocycles. The fourth-order valence-corrected chi connectivity index (χ4v) is 2.39. The standard InChI is InChI=1S/C19H15F3N4O3/c20-19(21,22)14-3-4-17(28)26(10-14)11-16(27)25-18-15(2-1-7-24-18)29-12-13-5-8-23-9-6-13/h1-10H,11-12H2,(H,24,25,27). The van der Waals surface area contributed by atoms with Crippen molar-refractivity contribution in [3.8, 4) is 5.75 Å². The fourth-order valence-electron chi connectivity index (χ4n) is 2.39. The van der Waals surface area contributed by atoms with Crippen LogP contribution in [0.15, 0.2) is 66.0 Å². The smallest absolute Gasteiger partial charge is 0.417 e. The second-order valence-electron chi connectivity index (χ2n) is 5.92. The highest BCUT2D eigenvalue weighted by Gasteiger charge is 2.31. The maximum atomic E-state index is 12.8. The van der Waals surface area contributed by atoms with Crippen LogP contribution in [0.5, 0.6) is 5.75 Å². The summed E-state index contributed by atoms with van der Waals surface area (Å²) in [5.41, 5.74) is -0.913. The number of anilines is 1. The molecule has 0 saturated heterocycles. The van der Waals surface area contributed by atoms with E-state index in [9.17, 15) is 22.8 Å². The molecule has 150 valence electrons. The summed E-state index contributed by atoms with van der Waals surface area (Å²) < 4.78 is 44.8. The monoisotopic (exact) mass is 404 g/mol. The summed E-state index contributed by atoms with van der Waals surface area (Å²) in [4.78, 5) is 32.0. The van der Waals surface area contributed by atoms with Gasteiger partial charge in [-0.2, -0.15) is 13.2 Å². The van der Waals surface area contributed by atoms with Gasteiger partial charge in [-0.3, -0.25) is 14.6 Å². The van der Waals surface area contributed by atoms with Gasteiger partial charge in [-0.25, -0.2) is 4.98 Å². The van der Waals surface area contributed by atoms with E-state index in [1.165, 1.54) is 6.20 Å². The molecule has 0 aliphatic rings. The van der Waals surface area contributed by atoms with Crippen LogP contribution < -0.4 is 15.6 Å². The second-order valence-corrected chi connectivity index (χ2v) is 5.92. The van der Waals surface area contributed by atoms with Crippen LogP contribution in [0, 0.1) is 0 Å². The molecule has 3 rings (SSSR count). The van der Waals surface area contributed by atoms with Gasteiger partial charge in [0.25, 0.3) is 5.56 Å². The molecule has 0 aromatic carbocycles. The molecule has 10 heteroatoms. The van der Waals surface area contributed by atoms with E-state index in [1.54, 1.807) is 36.7 Å². The first-order valence-corrected chi connectivity index (χ1v) is 8.37. The van der Waals surface area contributed by atoms with Crippen LogP contribution in [-0.4, -0.2) is 20.4 Å². The summed E-state index contributed by atoms with van der Waals surface area (Å²) in [6.07, 6.45) is 0.613. The van der Waals surface area contributed by atoms with Crippen molar-refractivity contribution in [3.05, 3.63) is 82.7 Å². The van der Waals surface area contributed by atoms with E-state index in [0.717, 1.165) is 11.6 Å². The second kappa shape index (κ2) is 8.55. The van der Waals surface area contributed by atoms with Crippen molar-refractivity contribution in [3.63, 3.8) is 0 Å². The van der Waals surface area contributed by atoms with E-state index >= 15 is 0 Å². The molecule has 3 aromatic rings. The zero-order valence-electron chi connectivity index (χ0n) is 14.9. The third kappa shape index (κ3) is 5.41.